The molecule has 0 aliphatic carbocycles. The summed E-state index contributed by atoms with van der Waals surface area (Å²) in [6.45, 7) is 3.95. The number of fused-ring (bicyclic) bond motifs is 1. The molecule has 9 heteroatoms. The van der Waals surface area contributed by atoms with Crippen LogP contribution in [0.25, 0.3) is 10.9 Å². The Kier molecular flexibility index (Phi) is 6.30. The Bertz CT molecular complexity index is 1400. The minimum absolute atomic E-state index is 0.123. The van der Waals surface area contributed by atoms with Crippen molar-refractivity contribution in [3.8, 4) is 0 Å². The minimum Gasteiger partial charge on any atom is -0.619 e. The lowest BCUT2D eigenvalue weighted by Gasteiger charge is -2.19. The summed E-state index contributed by atoms with van der Waals surface area (Å²) in [6, 6.07) is 14.0. The van der Waals surface area contributed by atoms with Gasteiger partial charge < -0.3 is 20.0 Å². The van der Waals surface area contributed by atoms with Gasteiger partial charge in [0.15, 0.2) is 12.4 Å². The average Bonchev–Trinajstić information content (AvgIpc) is 3.15. The van der Waals surface area contributed by atoms with Gasteiger partial charge >= 0.3 is 0 Å². The van der Waals surface area contributed by atoms with E-state index in [9.17, 15) is 14.6 Å². The van der Waals surface area contributed by atoms with E-state index in [4.69, 9.17) is 16.1 Å². The Morgan fingerprint density at radius 3 is 2.58 bits per heavy atom. The molecule has 4 rings (SSSR count). The molecule has 0 bridgehead atoms. The SMILES string of the molecule is COP(=O)(c1cc(C)cc(C)c1)c1c(C(=O)NCc2ccc[n+]([O-])c2)[nH]c2ccc(Cl)cc12. The lowest BCUT2D eigenvalue weighted by molar-refractivity contribution is -0.605. The number of pyridine rings is 1. The number of amides is 1. The van der Waals surface area contributed by atoms with Crippen molar-refractivity contribution in [1.29, 1.82) is 0 Å². The lowest BCUT2D eigenvalue weighted by atomic mass is 10.2. The predicted octanol–water partition coefficient (Wildman–Crippen LogP) is 3.88. The van der Waals surface area contributed by atoms with Crippen LogP contribution in [0.1, 0.15) is 27.2 Å². The van der Waals surface area contributed by atoms with Crippen molar-refractivity contribution in [3.63, 3.8) is 0 Å². The molecule has 2 heterocycles. The monoisotopic (exact) mass is 483 g/mol. The molecular weight excluding hydrogens is 461 g/mol. The minimum atomic E-state index is -3.68. The zero-order valence-electron chi connectivity index (χ0n) is 18.4. The van der Waals surface area contributed by atoms with Crippen molar-refractivity contribution in [3.05, 3.63) is 93.5 Å². The number of benzene rings is 2. The Labute approximate surface area is 196 Å². The third kappa shape index (κ3) is 4.53. The number of carbonyl (C=O) groups excluding carboxylic acids is 1. The van der Waals surface area contributed by atoms with Crippen LogP contribution in [-0.2, 0) is 15.6 Å². The number of aromatic amines is 1. The Morgan fingerprint density at radius 2 is 1.91 bits per heavy atom. The molecule has 0 aliphatic heterocycles. The number of nitrogens with zero attached hydrogens (tertiary/aromatic N) is 1. The van der Waals surface area contributed by atoms with E-state index in [1.165, 1.54) is 19.5 Å². The fourth-order valence-corrected chi connectivity index (χ4v) is 6.47. The zero-order chi connectivity index (χ0) is 23.8. The predicted molar refractivity (Wildman–Crippen MR) is 130 cm³/mol. The van der Waals surface area contributed by atoms with Gasteiger partial charge in [-0.2, -0.15) is 4.73 Å². The number of aromatic nitrogens is 2. The van der Waals surface area contributed by atoms with Gasteiger partial charge in [0.05, 0.1) is 5.30 Å². The van der Waals surface area contributed by atoms with Gasteiger partial charge in [0.1, 0.15) is 5.69 Å². The second-order valence-electron chi connectivity index (χ2n) is 7.87. The van der Waals surface area contributed by atoms with E-state index in [0.717, 1.165) is 11.1 Å². The Hall–Kier alpha value is -3.12. The molecule has 4 aromatic rings. The van der Waals surface area contributed by atoms with E-state index < -0.39 is 13.3 Å². The third-order valence-electron chi connectivity index (χ3n) is 5.35. The van der Waals surface area contributed by atoms with Crippen LogP contribution in [0.3, 0.4) is 0 Å². The maximum atomic E-state index is 14.4. The number of hydrogen-bond donors (Lipinski definition) is 2. The van der Waals surface area contributed by atoms with Gasteiger partial charge in [-0.15, -0.1) is 0 Å². The molecule has 1 atom stereocenters. The molecule has 2 aromatic carbocycles. The van der Waals surface area contributed by atoms with Crippen LogP contribution in [-0.4, -0.2) is 18.0 Å². The van der Waals surface area contributed by atoms with E-state index in [0.29, 0.717) is 31.5 Å². The van der Waals surface area contributed by atoms with Gasteiger partial charge in [-0.05, 0) is 50.2 Å². The molecule has 0 saturated heterocycles. The van der Waals surface area contributed by atoms with Crippen molar-refractivity contribution < 1.29 is 18.6 Å². The Morgan fingerprint density at radius 1 is 1.18 bits per heavy atom. The first-order valence-electron chi connectivity index (χ1n) is 10.2. The van der Waals surface area contributed by atoms with Crippen LogP contribution in [0.15, 0.2) is 60.9 Å². The van der Waals surface area contributed by atoms with Crippen LogP contribution in [0.5, 0.6) is 0 Å². The van der Waals surface area contributed by atoms with Crippen LogP contribution in [0.4, 0.5) is 0 Å². The highest BCUT2D eigenvalue weighted by Gasteiger charge is 2.36. The summed E-state index contributed by atoms with van der Waals surface area (Å²) in [5.74, 6) is -0.472. The normalized spacial score (nSPS) is 13.1. The van der Waals surface area contributed by atoms with Crippen LogP contribution in [0.2, 0.25) is 5.02 Å². The first-order chi connectivity index (χ1) is 15.7. The average molecular weight is 484 g/mol. The lowest BCUT2D eigenvalue weighted by Crippen LogP contribution is -2.31. The van der Waals surface area contributed by atoms with Gasteiger partial charge in [0.25, 0.3) is 13.3 Å². The first-order valence-corrected chi connectivity index (χ1v) is 12.2. The van der Waals surface area contributed by atoms with Crippen LogP contribution < -0.4 is 20.7 Å². The molecule has 33 heavy (non-hydrogen) atoms. The molecule has 1 unspecified atom stereocenters. The molecule has 0 saturated carbocycles. The van der Waals surface area contributed by atoms with Crippen molar-refractivity contribution in [2.75, 3.05) is 7.11 Å². The van der Waals surface area contributed by atoms with Gasteiger partial charge in [0, 0.05) is 46.5 Å². The highest BCUT2D eigenvalue weighted by Crippen LogP contribution is 2.47. The topological polar surface area (TPSA) is 98.1 Å². The summed E-state index contributed by atoms with van der Waals surface area (Å²) >= 11 is 6.25. The molecule has 2 aromatic heterocycles. The van der Waals surface area contributed by atoms with E-state index in [1.54, 1.807) is 42.5 Å². The molecule has 1 amide bonds. The summed E-state index contributed by atoms with van der Waals surface area (Å²) in [4.78, 5) is 16.4. The highest BCUT2D eigenvalue weighted by atomic mass is 35.5. The second-order valence-corrected chi connectivity index (χ2v) is 10.7. The van der Waals surface area contributed by atoms with Crippen molar-refractivity contribution in [1.82, 2.24) is 10.3 Å². The highest BCUT2D eigenvalue weighted by molar-refractivity contribution is 7.75. The smallest absolute Gasteiger partial charge is 0.268 e. The first kappa shape index (κ1) is 23.1. The number of rotatable bonds is 6. The zero-order valence-corrected chi connectivity index (χ0v) is 20.0. The number of aryl methyl sites for hydroxylation is 2. The summed E-state index contributed by atoms with van der Waals surface area (Å²) < 4.78 is 20.7. The largest absolute Gasteiger partial charge is 0.619 e. The molecule has 170 valence electrons. The summed E-state index contributed by atoms with van der Waals surface area (Å²) in [5, 5.41) is 16.1. The van der Waals surface area contributed by atoms with Gasteiger partial charge in [0.2, 0.25) is 0 Å². The molecule has 0 aliphatic rings. The van der Waals surface area contributed by atoms with Gasteiger partial charge in [-0.3, -0.25) is 9.36 Å². The fourth-order valence-electron chi connectivity index (χ4n) is 3.94. The summed E-state index contributed by atoms with van der Waals surface area (Å²) in [5.41, 5.74) is 3.23. The fraction of sp³-hybridized carbons (Fsp3) is 0.167. The molecule has 7 nitrogen and oxygen atoms in total. The Balaban J connectivity index is 1.85. The van der Waals surface area contributed by atoms with Crippen LogP contribution >= 0.6 is 19.0 Å². The van der Waals surface area contributed by atoms with E-state index in [1.807, 2.05) is 19.9 Å². The maximum absolute atomic E-state index is 14.4. The summed E-state index contributed by atoms with van der Waals surface area (Å²) in [7, 11) is -2.30. The van der Waals surface area contributed by atoms with E-state index in [2.05, 4.69) is 10.3 Å². The molecule has 0 fully saturated rings. The molecular formula is C24H23ClN3O4P. The van der Waals surface area contributed by atoms with Crippen LogP contribution in [0, 0.1) is 19.1 Å². The maximum Gasteiger partial charge on any atom is 0.268 e. The molecule has 0 spiro atoms. The quantitative estimate of drug-likeness (QED) is 0.247. The second kappa shape index (κ2) is 9.02. The van der Waals surface area contributed by atoms with E-state index >= 15 is 0 Å². The van der Waals surface area contributed by atoms with Crippen molar-refractivity contribution in [2.45, 2.75) is 20.4 Å². The number of carbonyl (C=O) groups is 1. The molecule has 0 radical (unpaired) electrons. The molecule has 2 N–H and O–H groups in total. The number of halogens is 1. The summed E-state index contributed by atoms with van der Waals surface area (Å²) in [6.07, 6.45) is 2.74. The third-order valence-corrected chi connectivity index (χ3v) is 8.09. The number of H-pyrrole nitrogens is 1. The van der Waals surface area contributed by atoms with E-state index in [-0.39, 0.29) is 17.5 Å². The van der Waals surface area contributed by atoms with Crippen molar-refractivity contribution >= 4 is 46.4 Å². The van der Waals surface area contributed by atoms with Gasteiger partial charge in [-0.25, -0.2) is 0 Å². The number of hydrogen-bond acceptors (Lipinski definition) is 4. The standard InChI is InChI=1S/C24H23ClN3O4P/c1-15-9-16(2)11-19(10-15)33(31,32-3)23-20-12-18(25)6-7-21(20)27-22(23)24(29)26-13-17-5-4-8-28(30)14-17/h4-12,14,27H,13H2,1-3H3,(H,26,29). The van der Waals surface area contributed by atoms with Crippen molar-refractivity contribution in [2.24, 2.45) is 0 Å². The van der Waals surface area contributed by atoms with Gasteiger partial charge in [-0.1, -0.05) is 28.8 Å². The number of nitrogens with one attached hydrogen (secondary N) is 2.